The summed E-state index contributed by atoms with van der Waals surface area (Å²) < 4.78 is 14.9. The minimum Gasteiger partial charge on any atom is -0.391 e. The van der Waals surface area contributed by atoms with Crippen molar-refractivity contribution in [2.75, 3.05) is 18.8 Å². The predicted molar refractivity (Wildman–Crippen MR) is 111 cm³/mol. The largest absolute Gasteiger partial charge is 0.391 e. The van der Waals surface area contributed by atoms with Gasteiger partial charge in [0.05, 0.1) is 23.1 Å². The number of aliphatic hydroxyl groups excluding tert-OH is 1. The van der Waals surface area contributed by atoms with Gasteiger partial charge in [0.25, 0.3) is 5.91 Å². The third-order valence-corrected chi connectivity index (χ3v) is 5.26. The maximum absolute atomic E-state index is 14.9. The number of benzene rings is 1. The van der Waals surface area contributed by atoms with Crippen molar-refractivity contribution >= 4 is 11.7 Å². The Labute approximate surface area is 173 Å². The summed E-state index contributed by atoms with van der Waals surface area (Å²) in [5.41, 5.74) is 9.12. The highest BCUT2D eigenvalue weighted by molar-refractivity contribution is 5.95. The molecule has 3 aromatic rings. The van der Waals surface area contributed by atoms with Crippen molar-refractivity contribution in [2.45, 2.75) is 25.9 Å². The average molecular weight is 407 g/mol. The van der Waals surface area contributed by atoms with Crippen molar-refractivity contribution in [1.82, 2.24) is 19.9 Å². The van der Waals surface area contributed by atoms with Crippen molar-refractivity contribution in [3.05, 3.63) is 59.9 Å². The lowest BCUT2D eigenvalue weighted by molar-refractivity contribution is 0.0760. The van der Waals surface area contributed by atoms with Crippen LogP contribution in [0, 0.1) is 5.82 Å². The Morgan fingerprint density at radius 2 is 2.03 bits per heavy atom. The molecule has 154 valence electrons. The van der Waals surface area contributed by atoms with Crippen LogP contribution in [0.3, 0.4) is 0 Å². The molecule has 1 aliphatic rings. The Kier molecular flexibility index (Phi) is 5.41. The molecule has 0 aliphatic carbocycles. The van der Waals surface area contributed by atoms with Crippen LogP contribution >= 0.6 is 0 Å². The summed E-state index contributed by atoms with van der Waals surface area (Å²) in [7, 11) is 0. The van der Waals surface area contributed by atoms with Crippen LogP contribution in [0.5, 0.6) is 0 Å². The molecule has 0 bridgehead atoms. The number of carbonyl (C=O) groups is 1. The number of carbonyl (C=O) groups excluding carboxylic acids is 1. The molecule has 0 saturated carbocycles. The van der Waals surface area contributed by atoms with E-state index in [1.54, 1.807) is 18.3 Å². The molecule has 0 spiro atoms. The maximum Gasteiger partial charge on any atom is 0.256 e. The summed E-state index contributed by atoms with van der Waals surface area (Å²) in [4.78, 5) is 27.0. The molecule has 1 aromatic carbocycles. The fourth-order valence-electron chi connectivity index (χ4n) is 3.70. The number of halogens is 1. The molecule has 1 amide bonds. The molecule has 4 rings (SSSR count). The lowest BCUT2D eigenvalue weighted by Gasteiger charge is -2.17. The summed E-state index contributed by atoms with van der Waals surface area (Å²) >= 11 is 0. The average Bonchev–Trinajstić information content (AvgIpc) is 3.19. The smallest absolute Gasteiger partial charge is 0.256 e. The summed E-state index contributed by atoms with van der Waals surface area (Å²) in [5.74, 6) is -0.649. The number of nitrogens with zero attached hydrogens (tertiary/aromatic N) is 4. The first-order valence-corrected chi connectivity index (χ1v) is 9.81. The fraction of sp³-hybridized carbons (Fsp3) is 0.273. The Morgan fingerprint density at radius 3 is 2.67 bits per heavy atom. The molecule has 7 nitrogen and oxygen atoms in total. The quantitative estimate of drug-likeness (QED) is 0.689. The standard InChI is InChI=1S/C22H22FN5O2/c1-2-18-20(14-4-6-19(24)25-10-14)21(27-12-26-18)13-3-5-16(17(23)9-13)22(30)28-8-7-15(29)11-28/h3-6,9-10,12,15,29H,2,7-8,11H2,1H3,(H2,24,25)/t15-/m1/s1. The number of rotatable bonds is 4. The number of hydrogen-bond acceptors (Lipinski definition) is 6. The summed E-state index contributed by atoms with van der Waals surface area (Å²) in [6.45, 7) is 2.62. The molecule has 8 heteroatoms. The van der Waals surface area contributed by atoms with Crippen LogP contribution in [-0.2, 0) is 6.42 Å². The summed E-state index contributed by atoms with van der Waals surface area (Å²) in [6, 6.07) is 7.99. The molecule has 3 heterocycles. The molecule has 1 fully saturated rings. The van der Waals surface area contributed by atoms with Crippen LogP contribution in [0.15, 0.2) is 42.9 Å². The molecule has 0 unspecified atom stereocenters. The van der Waals surface area contributed by atoms with E-state index in [4.69, 9.17) is 5.73 Å². The van der Waals surface area contributed by atoms with Gasteiger partial charge >= 0.3 is 0 Å². The van der Waals surface area contributed by atoms with Crippen LogP contribution in [0.4, 0.5) is 10.2 Å². The number of likely N-dealkylation sites (tertiary alicyclic amines) is 1. The molecule has 3 N–H and O–H groups in total. The van der Waals surface area contributed by atoms with Crippen LogP contribution in [0.25, 0.3) is 22.4 Å². The van der Waals surface area contributed by atoms with Crippen LogP contribution in [-0.4, -0.2) is 50.1 Å². The van der Waals surface area contributed by atoms with E-state index < -0.39 is 17.8 Å². The van der Waals surface area contributed by atoms with E-state index >= 15 is 0 Å². The minimum absolute atomic E-state index is 0.0201. The van der Waals surface area contributed by atoms with E-state index in [-0.39, 0.29) is 12.1 Å². The minimum atomic E-state index is -0.628. The molecule has 2 aromatic heterocycles. The lowest BCUT2D eigenvalue weighted by atomic mass is 9.97. The number of amides is 1. The highest BCUT2D eigenvalue weighted by atomic mass is 19.1. The molecule has 30 heavy (non-hydrogen) atoms. The van der Waals surface area contributed by atoms with E-state index in [1.807, 2.05) is 13.0 Å². The second-order valence-electron chi connectivity index (χ2n) is 7.26. The van der Waals surface area contributed by atoms with E-state index in [9.17, 15) is 14.3 Å². The number of anilines is 1. The van der Waals surface area contributed by atoms with Gasteiger partial charge in [0.15, 0.2) is 0 Å². The zero-order valence-electron chi connectivity index (χ0n) is 16.5. The molecule has 0 radical (unpaired) electrons. The van der Waals surface area contributed by atoms with Gasteiger partial charge in [0, 0.05) is 36.0 Å². The van der Waals surface area contributed by atoms with Crippen LogP contribution in [0.2, 0.25) is 0 Å². The number of nitrogen functional groups attached to an aromatic ring is 1. The van der Waals surface area contributed by atoms with Gasteiger partial charge in [-0.2, -0.15) is 0 Å². The number of aryl methyl sites for hydroxylation is 1. The van der Waals surface area contributed by atoms with Crippen LogP contribution in [0.1, 0.15) is 29.4 Å². The molecular weight excluding hydrogens is 385 g/mol. The zero-order valence-corrected chi connectivity index (χ0v) is 16.5. The number of β-amino-alcohol motifs (C(OH)–C–C–N with tert-alkyl or cyclic N) is 1. The zero-order chi connectivity index (χ0) is 21.3. The summed E-state index contributed by atoms with van der Waals surface area (Å²) in [6.07, 6.45) is 3.70. The Hall–Kier alpha value is -3.39. The van der Waals surface area contributed by atoms with Gasteiger partial charge in [-0.1, -0.05) is 13.0 Å². The Bertz CT molecular complexity index is 1090. The van der Waals surface area contributed by atoms with Crippen molar-refractivity contribution in [2.24, 2.45) is 0 Å². The second kappa shape index (κ2) is 8.16. The first-order chi connectivity index (χ1) is 14.5. The normalized spacial score (nSPS) is 16.1. The summed E-state index contributed by atoms with van der Waals surface area (Å²) in [5, 5.41) is 9.65. The van der Waals surface area contributed by atoms with Crippen molar-refractivity contribution in [3.8, 4) is 22.4 Å². The van der Waals surface area contributed by atoms with Gasteiger partial charge in [-0.3, -0.25) is 4.79 Å². The van der Waals surface area contributed by atoms with Gasteiger partial charge in [-0.15, -0.1) is 0 Å². The third-order valence-electron chi connectivity index (χ3n) is 5.26. The number of aliphatic hydroxyl groups is 1. The van der Waals surface area contributed by atoms with Gasteiger partial charge in [0.2, 0.25) is 0 Å². The first kappa shape index (κ1) is 19.9. The monoisotopic (exact) mass is 407 g/mol. The SMILES string of the molecule is CCc1ncnc(-c2ccc(C(=O)N3CC[C@@H](O)C3)c(F)c2)c1-c1ccc(N)nc1. The highest BCUT2D eigenvalue weighted by Gasteiger charge is 2.27. The fourth-order valence-corrected chi connectivity index (χ4v) is 3.70. The number of pyridine rings is 1. The van der Waals surface area contributed by atoms with Crippen molar-refractivity contribution < 1.29 is 14.3 Å². The first-order valence-electron chi connectivity index (χ1n) is 9.81. The molecule has 1 aliphatic heterocycles. The lowest BCUT2D eigenvalue weighted by Crippen LogP contribution is -2.30. The van der Waals surface area contributed by atoms with E-state index in [2.05, 4.69) is 15.0 Å². The van der Waals surface area contributed by atoms with Gasteiger partial charge in [-0.25, -0.2) is 19.3 Å². The van der Waals surface area contributed by atoms with Gasteiger partial charge < -0.3 is 15.7 Å². The predicted octanol–water partition coefficient (Wildman–Crippen LogP) is 2.70. The molecular formula is C22H22FN5O2. The number of aromatic nitrogens is 3. The third kappa shape index (κ3) is 3.73. The van der Waals surface area contributed by atoms with E-state index in [0.29, 0.717) is 36.5 Å². The van der Waals surface area contributed by atoms with Crippen LogP contribution < -0.4 is 5.73 Å². The molecule has 1 saturated heterocycles. The Balaban J connectivity index is 1.75. The van der Waals surface area contributed by atoms with Gasteiger partial charge in [-0.05, 0) is 37.1 Å². The maximum atomic E-state index is 14.9. The van der Waals surface area contributed by atoms with Crippen molar-refractivity contribution in [3.63, 3.8) is 0 Å². The van der Waals surface area contributed by atoms with Crippen molar-refractivity contribution in [1.29, 1.82) is 0 Å². The topological polar surface area (TPSA) is 105 Å². The molecule has 1 atom stereocenters. The second-order valence-corrected chi connectivity index (χ2v) is 7.26. The van der Waals surface area contributed by atoms with Gasteiger partial charge in [0.1, 0.15) is 18.0 Å². The van der Waals surface area contributed by atoms with E-state index in [0.717, 1.165) is 16.8 Å². The number of hydrogen-bond donors (Lipinski definition) is 2. The van der Waals surface area contributed by atoms with E-state index in [1.165, 1.54) is 23.4 Å². The number of nitrogens with two attached hydrogens (primary N) is 1. The Morgan fingerprint density at radius 1 is 1.23 bits per heavy atom. The highest BCUT2D eigenvalue weighted by Crippen LogP contribution is 2.33.